The van der Waals surface area contributed by atoms with Crippen molar-refractivity contribution in [1.82, 2.24) is 5.32 Å². The van der Waals surface area contributed by atoms with Crippen LogP contribution in [0.3, 0.4) is 0 Å². The van der Waals surface area contributed by atoms with Gasteiger partial charge in [-0.3, -0.25) is 0 Å². The number of benzene rings is 1. The number of rotatable bonds is 4. The van der Waals surface area contributed by atoms with Gasteiger partial charge in [0.1, 0.15) is 5.82 Å². The van der Waals surface area contributed by atoms with Crippen LogP contribution in [0.15, 0.2) is 35.4 Å². The van der Waals surface area contributed by atoms with Crippen LogP contribution in [0, 0.1) is 5.82 Å². The van der Waals surface area contributed by atoms with Crippen molar-refractivity contribution in [2.24, 2.45) is 0 Å². The first-order valence-electron chi connectivity index (χ1n) is 6.09. The molecule has 0 saturated carbocycles. The smallest absolute Gasteiger partial charge is 0.125 e. The van der Waals surface area contributed by atoms with Gasteiger partial charge < -0.3 is 10.2 Å². The molecule has 0 atom stereocenters. The maximum atomic E-state index is 13.2. The minimum Gasteiger partial charge on any atom is -0.368 e. The summed E-state index contributed by atoms with van der Waals surface area (Å²) in [7, 11) is 0. The Morgan fingerprint density at radius 1 is 1.41 bits per heavy atom. The molecule has 1 N–H and O–H groups in total. The zero-order valence-electron chi connectivity index (χ0n) is 10.5. The van der Waals surface area contributed by atoms with Gasteiger partial charge in [0, 0.05) is 31.9 Å². The Hall–Kier alpha value is -1.35. The van der Waals surface area contributed by atoms with Crippen molar-refractivity contribution in [1.29, 1.82) is 0 Å². The summed E-state index contributed by atoms with van der Waals surface area (Å²) in [5.74, 6) is -0.170. The maximum absolute atomic E-state index is 13.2. The zero-order valence-corrected chi connectivity index (χ0v) is 10.5. The summed E-state index contributed by atoms with van der Waals surface area (Å²) in [6.07, 6.45) is 0. The first-order chi connectivity index (χ1) is 8.20. The second-order valence-electron chi connectivity index (χ2n) is 4.48. The number of likely N-dealkylation sites (N-methyl/N-ethyl adjacent to an activating group) is 1. The van der Waals surface area contributed by atoms with Gasteiger partial charge in [-0.1, -0.05) is 11.6 Å². The van der Waals surface area contributed by atoms with Crippen LogP contribution in [-0.4, -0.2) is 26.2 Å². The van der Waals surface area contributed by atoms with E-state index < -0.39 is 0 Å². The number of hydrogen-bond donors (Lipinski definition) is 1. The summed E-state index contributed by atoms with van der Waals surface area (Å²) in [4.78, 5) is 2.20. The Morgan fingerprint density at radius 2 is 2.18 bits per heavy atom. The van der Waals surface area contributed by atoms with Crippen molar-refractivity contribution in [3.05, 3.63) is 41.2 Å². The molecule has 0 amide bonds. The minimum atomic E-state index is -0.170. The van der Waals surface area contributed by atoms with Crippen LogP contribution in [0.1, 0.15) is 13.8 Å². The van der Waals surface area contributed by atoms with Crippen LogP contribution in [0.4, 0.5) is 10.1 Å². The van der Waals surface area contributed by atoms with Crippen LogP contribution in [-0.2, 0) is 0 Å². The van der Waals surface area contributed by atoms with Crippen molar-refractivity contribution in [3.8, 4) is 0 Å². The third-order valence-corrected chi connectivity index (χ3v) is 3.26. The lowest BCUT2D eigenvalue weighted by molar-refractivity contribution is 0.626. The first kappa shape index (κ1) is 12.1. The van der Waals surface area contributed by atoms with Crippen molar-refractivity contribution < 1.29 is 4.39 Å². The summed E-state index contributed by atoms with van der Waals surface area (Å²) >= 11 is 0. The summed E-state index contributed by atoms with van der Waals surface area (Å²) < 4.78 is 13.2. The van der Waals surface area contributed by atoms with Gasteiger partial charge in [0.05, 0.1) is 0 Å². The first-order valence-corrected chi connectivity index (χ1v) is 6.09. The van der Waals surface area contributed by atoms with Crippen molar-refractivity contribution in [2.45, 2.75) is 13.8 Å². The number of hydrogen-bond acceptors (Lipinski definition) is 2. The fourth-order valence-electron chi connectivity index (χ4n) is 2.01. The molecule has 17 heavy (non-hydrogen) atoms. The Kier molecular flexibility index (Phi) is 3.79. The van der Waals surface area contributed by atoms with Gasteiger partial charge in [-0.25, -0.2) is 4.39 Å². The predicted octanol–water partition coefficient (Wildman–Crippen LogP) is 2.57. The molecule has 2 rings (SSSR count). The van der Waals surface area contributed by atoms with E-state index in [0.29, 0.717) is 0 Å². The Morgan fingerprint density at radius 3 is 2.71 bits per heavy atom. The molecule has 92 valence electrons. The number of nitrogens with one attached hydrogen (secondary N) is 1. The van der Waals surface area contributed by atoms with Gasteiger partial charge in [-0.2, -0.15) is 0 Å². The van der Waals surface area contributed by atoms with Crippen molar-refractivity contribution in [3.63, 3.8) is 0 Å². The number of nitrogens with zero attached hydrogens (tertiary/aromatic N) is 1. The Labute approximate surface area is 102 Å². The zero-order chi connectivity index (χ0) is 12.3. The average molecular weight is 234 g/mol. The fraction of sp³-hybridized carbons (Fsp3) is 0.429. The van der Waals surface area contributed by atoms with Gasteiger partial charge in [0.25, 0.3) is 0 Å². The molecule has 0 radical (unpaired) electrons. The standard InChI is InChI=1S/C14H19FN2/c1-3-17(10-11(2)12-8-16-9-12)14-6-4-5-13(15)7-14/h4-7,16H,3,8-10H2,1-2H3. The van der Waals surface area contributed by atoms with Crippen LogP contribution in [0.25, 0.3) is 0 Å². The third kappa shape index (κ3) is 2.86. The second kappa shape index (κ2) is 5.32. The van der Waals surface area contributed by atoms with E-state index in [0.717, 1.165) is 31.9 Å². The van der Waals surface area contributed by atoms with Gasteiger partial charge >= 0.3 is 0 Å². The highest BCUT2D eigenvalue weighted by atomic mass is 19.1. The SMILES string of the molecule is CCN(CC(C)=C1CNC1)c1cccc(F)c1. The molecule has 1 fully saturated rings. The molecule has 1 saturated heterocycles. The van der Waals surface area contributed by atoms with E-state index in [1.807, 2.05) is 6.07 Å². The van der Waals surface area contributed by atoms with E-state index in [1.165, 1.54) is 17.2 Å². The fourth-order valence-corrected chi connectivity index (χ4v) is 2.01. The maximum Gasteiger partial charge on any atom is 0.125 e. The van der Waals surface area contributed by atoms with Gasteiger partial charge in [-0.05, 0) is 37.6 Å². The van der Waals surface area contributed by atoms with Crippen LogP contribution < -0.4 is 10.2 Å². The highest BCUT2D eigenvalue weighted by Crippen LogP contribution is 2.18. The summed E-state index contributed by atoms with van der Waals surface area (Å²) in [6, 6.07) is 6.81. The normalized spacial score (nSPS) is 14.4. The topological polar surface area (TPSA) is 15.3 Å². The lowest BCUT2D eigenvalue weighted by Crippen LogP contribution is -2.36. The average Bonchev–Trinajstić information content (AvgIpc) is 2.23. The number of anilines is 1. The molecule has 0 aromatic heterocycles. The van der Waals surface area contributed by atoms with Crippen molar-refractivity contribution in [2.75, 3.05) is 31.1 Å². The summed E-state index contributed by atoms with van der Waals surface area (Å²) in [6.45, 7) is 8.05. The predicted molar refractivity (Wildman–Crippen MR) is 69.9 cm³/mol. The van der Waals surface area contributed by atoms with E-state index in [9.17, 15) is 4.39 Å². The summed E-state index contributed by atoms with van der Waals surface area (Å²) in [5, 5.41) is 3.25. The Balaban J connectivity index is 2.11. The van der Waals surface area contributed by atoms with E-state index in [-0.39, 0.29) is 5.82 Å². The lowest BCUT2D eigenvalue weighted by atomic mass is 10.0. The lowest BCUT2D eigenvalue weighted by Gasteiger charge is -2.28. The molecule has 0 aliphatic carbocycles. The molecule has 1 aliphatic rings. The molecular weight excluding hydrogens is 215 g/mol. The largest absolute Gasteiger partial charge is 0.368 e. The minimum absolute atomic E-state index is 0.170. The van der Waals surface area contributed by atoms with Gasteiger partial charge in [-0.15, -0.1) is 0 Å². The highest BCUT2D eigenvalue weighted by molar-refractivity contribution is 5.48. The van der Waals surface area contributed by atoms with Crippen LogP contribution >= 0.6 is 0 Å². The van der Waals surface area contributed by atoms with E-state index in [4.69, 9.17) is 0 Å². The summed E-state index contributed by atoms with van der Waals surface area (Å²) in [5.41, 5.74) is 3.84. The molecule has 0 unspecified atom stereocenters. The molecule has 1 aliphatic heterocycles. The van der Waals surface area contributed by atoms with Crippen LogP contribution in [0.2, 0.25) is 0 Å². The molecule has 3 heteroatoms. The van der Waals surface area contributed by atoms with Gasteiger partial charge in [0.15, 0.2) is 0 Å². The monoisotopic (exact) mass is 234 g/mol. The molecule has 0 bridgehead atoms. The highest BCUT2D eigenvalue weighted by Gasteiger charge is 2.13. The van der Waals surface area contributed by atoms with E-state index in [2.05, 4.69) is 24.1 Å². The van der Waals surface area contributed by atoms with E-state index >= 15 is 0 Å². The third-order valence-electron chi connectivity index (χ3n) is 3.26. The quantitative estimate of drug-likeness (QED) is 0.805. The van der Waals surface area contributed by atoms with Gasteiger partial charge in [0.2, 0.25) is 0 Å². The molecule has 1 aromatic carbocycles. The second-order valence-corrected chi connectivity index (χ2v) is 4.48. The molecular formula is C14H19FN2. The molecule has 1 aromatic rings. The number of halogens is 1. The Bertz CT molecular complexity index is 420. The molecule has 0 spiro atoms. The van der Waals surface area contributed by atoms with Crippen molar-refractivity contribution >= 4 is 5.69 Å². The molecule has 2 nitrogen and oxygen atoms in total. The molecule has 1 heterocycles. The van der Waals surface area contributed by atoms with Crippen LogP contribution in [0.5, 0.6) is 0 Å². The van der Waals surface area contributed by atoms with E-state index in [1.54, 1.807) is 12.1 Å².